The lowest BCUT2D eigenvalue weighted by Crippen LogP contribution is -2.37. The molecule has 0 radical (unpaired) electrons. The van der Waals surface area contributed by atoms with Crippen LogP contribution in [0.3, 0.4) is 0 Å². The Labute approximate surface area is 150 Å². The minimum Gasteiger partial charge on any atom is -0.274 e. The summed E-state index contributed by atoms with van der Waals surface area (Å²) in [6.07, 6.45) is 0.946. The highest BCUT2D eigenvalue weighted by Crippen LogP contribution is 2.60. The molecular formula is C16H14Br2ClNO2. The maximum Gasteiger partial charge on any atom is 0.238 e. The molecule has 3 nitrogen and oxygen atoms in total. The highest BCUT2D eigenvalue weighted by Gasteiger charge is 2.66. The van der Waals surface area contributed by atoms with E-state index in [1.54, 1.807) is 12.1 Å². The number of hydrogen-bond donors (Lipinski definition) is 0. The number of benzene rings is 1. The van der Waals surface area contributed by atoms with Gasteiger partial charge in [-0.05, 0) is 42.9 Å². The number of anilines is 1. The van der Waals surface area contributed by atoms with E-state index in [1.807, 2.05) is 13.0 Å². The van der Waals surface area contributed by atoms with Gasteiger partial charge >= 0.3 is 0 Å². The maximum absolute atomic E-state index is 12.9. The summed E-state index contributed by atoms with van der Waals surface area (Å²) in [6.45, 7) is 1.90. The summed E-state index contributed by atoms with van der Waals surface area (Å²) in [7, 11) is 0. The maximum atomic E-state index is 12.9. The van der Waals surface area contributed by atoms with E-state index >= 15 is 0 Å². The van der Waals surface area contributed by atoms with Crippen molar-refractivity contribution < 1.29 is 9.59 Å². The van der Waals surface area contributed by atoms with Gasteiger partial charge in [-0.15, -0.1) is 0 Å². The molecule has 1 saturated heterocycles. The zero-order chi connectivity index (χ0) is 15.8. The van der Waals surface area contributed by atoms with Crippen LogP contribution in [0.4, 0.5) is 5.69 Å². The predicted molar refractivity (Wildman–Crippen MR) is 92.7 cm³/mol. The largest absolute Gasteiger partial charge is 0.274 e. The minimum atomic E-state index is -0.184. The molecule has 6 atom stereocenters. The summed E-state index contributed by atoms with van der Waals surface area (Å²) in [4.78, 5) is 27.6. The molecule has 1 aliphatic heterocycles. The van der Waals surface area contributed by atoms with Gasteiger partial charge in [0.05, 0.1) is 17.5 Å². The number of carbonyl (C=O) groups excluding carboxylic acids is 2. The van der Waals surface area contributed by atoms with E-state index in [0.717, 1.165) is 12.0 Å². The fourth-order valence-corrected chi connectivity index (χ4v) is 6.37. The van der Waals surface area contributed by atoms with E-state index in [9.17, 15) is 9.59 Å². The molecule has 0 N–H and O–H groups in total. The van der Waals surface area contributed by atoms with Gasteiger partial charge in [-0.2, -0.15) is 0 Å². The Morgan fingerprint density at radius 1 is 1.09 bits per heavy atom. The fourth-order valence-electron chi connectivity index (χ4n) is 4.32. The molecule has 22 heavy (non-hydrogen) atoms. The van der Waals surface area contributed by atoms with Crippen molar-refractivity contribution in [1.82, 2.24) is 0 Å². The Balaban J connectivity index is 1.74. The minimum absolute atomic E-state index is 0.0636. The van der Waals surface area contributed by atoms with Crippen LogP contribution in [0.2, 0.25) is 5.02 Å². The predicted octanol–water partition coefficient (Wildman–Crippen LogP) is 3.93. The van der Waals surface area contributed by atoms with Crippen molar-refractivity contribution in [3.8, 4) is 0 Å². The zero-order valence-corrected chi connectivity index (χ0v) is 15.7. The van der Waals surface area contributed by atoms with Crippen LogP contribution in [-0.2, 0) is 9.59 Å². The lowest BCUT2D eigenvalue weighted by molar-refractivity contribution is -0.123. The molecule has 0 aromatic heterocycles. The molecular weight excluding hydrogens is 433 g/mol. The molecule has 4 rings (SSSR count). The average Bonchev–Trinajstić information content (AvgIpc) is 3.08. The number of hydrogen-bond acceptors (Lipinski definition) is 2. The molecule has 6 heteroatoms. The van der Waals surface area contributed by atoms with Crippen LogP contribution < -0.4 is 4.90 Å². The summed E-state index contributed by atoms with van der Waals surface area (Å²) in [5, 5.41) is 0.579. The van der Waals surface area contributed by atoms with E-state index in [4.69, 9.17) is 11.6 Å². The van der Waals surface area contributed by atoms with Gasteiger partial charge in [0.1, 0.15) is 0 Å². The lowest BCUT2D eigenvalue weighted by atomic mass is 9.81. The molecule has 1 heterocycles. The number of nitrogens with zero attached hydrogens (tertiary/aromatic N) is 1. The number of aryl methyl sites for hydroxylation is 1. The van der Waals surface area contributed by atoms with E-state index in [2.05, 4.69) is 31.9 Å². The first-order chi connectivity index (χ1) is 10.4. The third-order valence-corrected chi connectivity index (χ3v) is 9.01. The molecule has 0 spiro atoms. The van der Waals surface area contributed by atoms with E-state index in [0.29, 0.717) is 10.7 Å². The quantitative estimate of drug-likeness (QED) is 0.483. The summed E-state index contributed by atoms with van der Waals surface area (Å²) < 4.78 is 0. The molecule has 1 aromatic carbocycles. The van der Waals surface area contributed by atoms with Gasteiger partial charge in [-0.1, -0.05) is 49.5 Å². The molecule has 2 bridgehead atoms. The van der Waals surface area contributed by atoms with Crippen LogP contribution in [0.25, 0.3) is 0 Å². The first-order valence-corrected chi connectivity index (χ1v) is 9.55. The van der Waals surface area contributed by atoms with Gasteiger partial charge in [-0.25, -0.2) is 4.90 Å². The van der Waals surface area contributed by atoms with Crippen LogP contribution in [0, 0.1) is 30.6 Å². The van der Waals surface area contributed by atoms with Gasteiger partial charge in [0.15, 0.2) is 0 Å². The second kappa shape index (κ2) is 5.05. The van der Waals surface area contributed by atoms with Crippen LogP contribution in [-0.4, -0.2) is 21.5 Å². The molecule has 2 amide bonds. The van der Waals surface area contributed by atoms with Crippen molar-refractivity contribution in [1.29, 1.82) is 0 Å². The van der Waals surface area contributed by atoms with E-state index in [1.165, 1.54) is 4.90 Å². The number of imide groups is 1. The molecule has 116 valence electrons. The molecule has 3 fully saturated rings. The van der Waals surface area contributed by atoms with Crippen molar-refractivity contribution in [2.75, 3.05) is 4.90 Å². The number of carbonyl (C=O) groups is 2. The first-order valence-electron chi connectivity index (χ1n) is 7.34. The van der Waals surface area contributed by atoms with Crippen molar-refractivity contribution in [3.05, 3.63) is 28.8 Å². The Kier molecular flexibility index (Phi) is 3.48. The van der Waals surface area contributed by atoms with E-state index < -0.39 is 0 Å². The average molecular weight is 448 g/mol. The Bertz CT molecular complexity index is 663. The number of rotatable bonds is 1. The summed E-state index contributed by atoms with van der Waals surface area (Å²) in [6, 6.07) is 5.37. The zero-order valence-electron chi connectivity index (χ0n) is 11.8. The van der Waals surface area contributed by atoms with Crippen molar-refractivity contribution in [2.24, 2.45) is 23.7 Å². The first kappa shape index (κ1) is 15.2. The second-order valence-corrected chi connectivity index (χ2v) is 8.97. The summed E-state index contributed by atoms with van der Waals surface area (Å²) in [5.74, 6) is -0.0208. The molecule has 1 aromatic rings. The Hall–Kier alpha value is -0.390. The van der Waals surface area contributed by atoms with Crippen LogP contribution >= 0.6 is 43.5 Å². The number of halogens is 3. The lowest BCUT2D eigenvalue weighted by Gasteiger charge is -2.28. The smallest absolute Gasteiger partial charge is 0.238 e. The molecule has 0 unspecified atom stereocenters. The van der Waals surface area contributed by atoms with Crippen molar-refractivity contribution in [2.45, 2.75) is 23.0 Å². The standard InChI is InChI=1S/C16H14Br2ClNO2/c1-6-2-3-7(4-10(6)19)20-15(21)11-8-5-9(12(11)16(20)22)14(18)13(8)17/h2-4,8-9,11-14H,5H2,1H3/t8-,9-,11-,12-,13-,14+/m1/s1. The number of fused-ring (bicyclic) bond motifs is 5. The third-order valence-electron chi connectivity index (χ3n) is 5.40. The van der Waals surface area contributed by atoms with Crippen molar-refractivity contribution in [3.63, 3.8) is 0 Å². The Morgan fingerprint density at radius 3 is 2.14 bits per heavy atom. The number of alkyl halides is 2. The van der Waals surface area contributed by atoms with Gasteiger partial charge in [0.25, 0.3) is 0 Å². The highest BCUT2D eigenvalue weighted by molar-refractivity contribution is 9.12. The number of amides is 2. The normalized spacial score (nSPS) is 39.7. The molecule has 2 aliphatic carbocycles. The fraction of sp³-hybridized carbons (Fsp3) is 0.500. The second-order valence-electron chi connectivity index (χ2n) is 6.45. The SMILES string of the molecule is Cc1ccc(N2C(=O)[C@@H]3[C@H]4C[C@@H]([C@@H](Br)[C@H]4Br)[C@H]3C2=O)cc1Cl. The monoisotopic (exact) mass is 445 g/mol. The highest BCUT2D eigenvalue weighted by atomic mass is 79.9. The Morgan fingerprint density at radius 2 is 1.64 bits per heavy atom. The summed E-state index contributed by atoms with van der Waals surface area (Å²) >= 11 is 13.5. The topological polar surface area (TPSA) is 37.4 Å². The van der Waals surface area contributed by atoms with Gasteiger partial charge < -0.3 is 0 Å². The van der Waals surface area contributed by atoms with E-state index in [-0.39, 0.29) is 45.1 Å². The van der Waals surface area contributed by atoms with Gasteiger partial charge in [0, 0.05) is 14.7 Å². The van der Waals surface area contributed by atoms with Crippen molar-refractivity contribution >= 4 is 61.0 Å². The van der Waals surface area contributed by atoms with Crippen LogP contribution in [0.5, 0.6) is 0 Å². The van der Waals surface area contributed by atoms with Gasteiger partial charge in [0.2, 0.25) is 11.8 Å². The van der Waals surface area contributed by atoms with Gasteiger partial charge in [-0.3, -0.25) is 9.59 Å². The van der Waals surface area contributed by atoms with Crippen LogP contribution in [0.15, 0.2) is 18.2 Å². The van der Waals surface area contributed by atoms with Crippen LogP contribution in [0.1, 0.15) is 12.0 Å². The molecule has 3 aliphatic rings. The molecule has 2 saturated carbocycles. The summed E-state index contributed by atoms with van der Waals surface area (Å²) in [5.41, 5.74) is 1.53. The third kappa shape index (κ3) is 1.85.